The minimum absolute atomic E-state index is 0.541. The Morgan fingerprint density at radius 1 is 1.29 bits per heavy atom. The lowest BCUT2D eigenvalue weighted by Crippen LogP contribution is -2.03. The Morgan fingerprint density at radius 3 is 2.65 bits per heavy atom. The third kappa shape index (κ3) is 2.88. The predicted octanol–water partition coefficient (Wildman–Crippen LogP) is 3.38. The first-order chi connectivity index (χ1) is 8.06. The third-order valence-electron chi connectivity index (χ3n) is 2.61. The summed E-state index contributed by atoms with van der Waals surface area (Å²) in [6, 6.07) is 8.04. The monoisotopic (exact) mass is 294 g/mol. The number of halogens is 1. The molecule has 0 aliphatic rings. The standard InChI is InChI=1S/C13H15BrN2O/c1-9-6-11(14)4-5-13(9)17-8-12-7-10(2)15-16(12)3/h4-7H,8H2,1-3H3. The largest absolute Gasteiger partial charge is 0.487 e. The van der Waals surface area contributed by atoms with E-state index in [-0.39, 0.29) is 0 Å². The highest BCUT2D eigenvalue weighted by Gasteiger charge is 2.04. The van der Waals surface area contributed by atoms with E-state index in [2.05, 4.69) is 21.0 Å². The molecule has 0 amide bonds. The van der Waals surface area contributed by atoms with E-state index >= 15 is 0 Å². The Balaban J connectivity index is 2.10. The van der Waals surface area contributed by atoms with Gasteiger partial charge in [-0.05, 0) is 43.7 Å². The summed E-state index contributed by atoms with van der Waals surface area (Å²) >= 11 is 3.44. The molecule has 0 saturated carbocycles. The van der Waals surface area contributed by atoms with Gasteiger partial charge in [0.1, 0.15) is 12.4 Å². The second-order valence-corrected chi connectivity index (χ2v) is 5.01. The Bertz CT molecular complexity index is 534. The van der Waals surface area contributed by atoms with E-state index in [1.807, 2.05) is 49.8 Å². The van der Waals surface area contributed by atoms with E-state index in [4.69, 9.17) is 4.74 Å². The van der Waals surface area contributed by atoms with Crippen LogP contribution in [-0.2, 0) is 13.7 Å². The molecule has 2 rings (SSSR count). The molecule has 0 aliphatic carbocycles. The molecule has 0 unspecified atom stereocenters. The molecule has 0 N–H and O–H groups in total. The molecule has 1 aromatic carbocycles. The van der Waals surface area contributed by atoms with E-state index in [0.717, 1.165) is 27.2 Å². The van der Waals surface area contributed by atoms with Crippen molar-refractivity contribution in [3.8, 4) is 5.75 Å². The number of hydrogen-bond acceptors (Lipinski definition) is 2. The minimum atomic E-state index is 0.541. The van der Waals surface area contributed by atoms with Crippen molar-refractivity contribution in [2.45, 2.75) is 20.5 Å². The van der Waals surface area contributed by atoms with Crippen molar-refractivity contribution in [3.63, 3.8) is 0 Å². The van der Waals surface area contributed by atoms with Gasteiger partial charge in [-0.25, -0.2) is 0 Å². The van der Waals surface area contributed by atoms with Crippen LogP contribution in [0.1, 0.15) is 17.0 Å². The normalized spacial score (nSPS) is 10.6. The average molecular weight is 295 g/mol. The van der Waals surface area contributed by atoms with Gasteiger partial charge >= 0.3 is 0 Å². The molecule has 0 saturated heterocycles. The first-order valence-electron chi connectivity index (χ1n) is 5.45. The molecule has 4 heteroatoms. The number of aromatic nitrogens is 2. The Labute approximate surface area is 110 Å². The van der Waals surface area contributed by atoms with Gasteiger partial charge in [-0.3, -0.25) is 4.68 Å². The van der Waals surface area contributed by atoms with Crippen molar-refractivity contribution in [3.05, 3.63) is 45.7 Å². The second-order valence-electron chi connectivity index (χ2n) is 4.10. The Kier molecular flexibility index (Phi) is 3.52. The van der Waals surface area contributed by atoms with Gasteiger partial charge in [-0.1, -0.05) is 15.9 Å². The van der Waals surface area contributed by atoms with Gasteiger partial charge in [-0.15, -0.1) is 0 Å². The molecule has 90 valence electrons. The van der Waals surface area contributed by atoms with E-state index in [1.165, 1.54) is 0 Å². The highest BCUT2D eigenvalue weighted by molar-refractivity contribution is 9.10. The van der Waals surface area contributed by atoms with E-state index in [0.29, 0.717) is 6.61 Å². The summed E-state index contributed by atoms with van der Waals surface area (Å²) in [5, 5.41) is 4.29. The molecule has 0 atom stereocenters. The van der Waals surface area contributed by atoms with Crippen LogP contribution in [0.2, 0.25) is 0 Å². The van der Waals surface area contributed by atoms with E-state index in [1.54, 1.807) is 0 Å². The summed E-state index contributed by atoms with van der Waals surface area (Å²) in [7, 11) is 1.93. The van der Waals surface area contributed by atoms with Gasteiger partial charge in [0.05, 0.1) is 11.4 Å². The van der Waals surface area contributed by atoms with Crippen LogP contribution in [0.3, 0.4) is 0 Å². The maximum absolute atomic E-state index is 5.79. The van der Waals surface area contributed by atoms with Gasteiger partial charge in [0.15, 0.2) is 0 Å². The smallest absolute Gasteiger partial charge is 0.130 e. The Hall–Kier alpha value is -1.29. The van der Waals surface area contributed by atoms with Gasteiger partial charge in [0.2, 0.25) is 0 Å². The van der Waals surface area contributed by atoms with E-state index in [9.17, 15) is 0 Å². The summed E-state index contributed by atoms with van der Waals surface area (Å²) in [5.74, 6) is 0.909. The highest BCUT2D eigenvalue weighted by Crippen LogP contribution is 2.23. The molecule has 0 fully saturated rings. The van der Waals surface area contributed by atoms with Gasteiger partial charge < -0.3 is 4.74 Å². The Morgan fingerprint density at radius 2 is 2.06 bits per heavy atom. The molecule has 2 aromatic rings. The zero-order valence-corrected chi connectivity index (χ0v) is 11.8. The fourth-order valence-corrected chi connectivity index (χ4v) is 2.20. The quantitative estimate of drug-likeness (QED) is 0.868. The number of ether oxygens (including phenoxy) is 1. The molecular formula is C13H15BrN2O. The number of hydrogen-bond donors (Lipinski definition) is 0. The first-order valence-corrected chi connectivity index (χ1v) is 6.24. The van der Waals surface area contributed by atoms with Crippen LogP contribution in [0.4, 0.5) is 0 Å². The zero-order chi connectivity index (χ0) is 12.4. The molecule has 1 heterocycles. The predicted molar refractivity (Wildman–Crippen MR) is 71.2 cm³/mol. The summed E-state index contributed by atoms with van der Waals surface area (Å²) in [6.07, 6.45) is 0. The lowest BCUT2D eigenvalue weighted by molar-refractivity contribution is 0.293. The molecule has 17 heavy (non-hydrogen) atoms. The van der Waals surface area contributed by atoms with Crippen LogP contribution >= 0.6 is 15.9 Å². The van der Waals surface area contributed by atoms with Crippen LogP contribution in [0.15, 0.2) is 28.7 Å². The van der Waals surface area contributed by atoms with Crippen LogP contribution in [0.25, 0.3) is 0 Å². The molecule has 0 aliphatic heterocycles. The van der Waals surface area contributed by atoms with E-state index < -0.39 is 0 Å². The third-order valence-corrected chi connectivity index (χ3v) is 3.10. The maximum Gasteiger partial charge on any atom is 0.130 e. The van der Waals surface area contributed by atoms with Crippen molar-refractivity contribution in [2.75, 3.05) is 0 Å². The van der Waals surface area contributed by atoms with Gasteiger partial charge in [-0.2, -0.15) is 5.10 Å². The van der Waals surface area contributed by atoms with Crippen molar-refractivity contribution >= 4 is 15.9 Å². The molecular weight excluding hydrogens is 280 g/mol. The number of aryl methyl sites for hydroxylation is 3. The van der Waals surface area contributed by atoms with Crippen LogP contribution < -0.4 is 4.74 Å². The summed E-state index contributed by atoms with van der Waals surface area (Å²) < 4.78 is 8.71. The van der Waals surface area contributed by atoms with Crippen LogP contribution in [0.5, 0.6) is 5.75 Å². The summed E-state index contributed by atoms with van der Waals surface area (Å²) in [6.45, 7) is 4.56. The molecule has 0 spiro atoms. The fraction of sp³-hybridized carbons (Fsp3) is 0.308. The molecule has 0 bridgehead atoms. The van der Waals surface area contributed by atoms with Crippen molar-refractivity contribution in [1.29, 1.82) is 0 Å². The first kappa shape index (κ1) is 12.2. The molecule has 1 aromatic heterocycles. The number of nitrogens with zero attached hydrogens (tertiary/aromatic N) is 2. The summed E-state index contributed by atoms with van der Waals surface area (Å²) in [5.41, 5.74) is 3.21. The zero-order valence-electron chi connectivity index (χ0n) is 10.2. The topological polar surface area (TPSA) is 27.1 Å². The maximum atomic E-state index is 5.79. The van der Waals surface area contributed by atoms with Crippen LogP contribution in [0, 0.1) is 13.8 Å². The van der Waals surface area contributed by atoms with Crippen molar-refractivity contribution in [1.82, 2.24) is 9.78 Å². The van der Waals surface area contributed by atoms with Gasteiger partial charge in [0.25, 0.3) is 0 Å². The highest BCUT2D eigenvalue weighted by atomic mass is 79.9. The van der Waals surface area contributed by atoms with Crippen molar-refractivity contribution in [2.24, 2.45) is 7.05 Å². The average Bonchev–Trinajstić information content (AvgIpc) is 2.56. The fourth-order valence-electron chi connectivity index (χ4n) is 1.73. The lowest BCUT2D eigenvalue weighted by atomic mass is 10.2. The number of benzene rings is 1. The van der Waals surface area contributed by atoms with Crippen molar-refractivity contribution < 1.29 is 4.74 Å². The SMILES string of the molecule is Cc1cc(COc2ccc(Br)cc2C)n(C)n1. The molecule has 0 radical (unpaired) electrons. The minimum Gasteiger partial charge on any atom is -0.487 e. The summed E-state index contributed by atoms with van der Waals surface area (Å²) in [4.78, 5) is 0. The lowest BCUT2D eigenvalue weighted by Gasteiger charge is -2.09. The molecule has 3 nitrogen and oxygen atoms in total. The second kappa shape index (κ2) is 4.92. The van der Waals surface area contributed by atoms with Gasteiger partial charge in [0, 0.05) is 11.5 Å². The number of rotatable bonds is 3. The van der Waals surface area contributed by atoms with Crippen LogP contribution in [-0.4, -0.2) is 9.78 Å².